The molecular weight excluding hydrogens is 373 g/mol. The topological polar surface area (TPSA) is 69.7 Å². The molecule has 0 N–H and O–H groups in total. The zero-order valence-corrected chi connectivity index (χ0v) is 15.5. The predicted molar refractivity (Wildman–Crippen MR) is 89.5 cm³/mol. The first-order valence-electron chi connectivity index (χ1n) is 7.68. The molecule has 146 valence electrons. The molecule has 0 heterocycles. The summed E-state index contributed by atoms with van der Waals surface area (Å²) in [6.07, 6.45) is 1.34. The first kappa shape index (κ1) is 22.0. The summed E-state index contributed by atoms with van der Waals surface area (Å²) in [5.41, 5.74) is -4.37. The third-order valence-corrected chi connectivity index (χ3v) is 5.13. The van der Waals surface area contributed by atoms with Gasteiger partial charge in [-0.15, -0.1) is 0 Å². The Morgan fingerprint density at radius 2 is 1.73 bits per heavy atom. The van der Waals surface area contributed by atoms with Crippen LogP contribution in [0.15, 0.2) is 41.7 Å². The number of hydrogen-bond acceptors (Lipinski definition) is 5. The van der Waals surface area contributed by atoms with E-state index in [1.807, 2.05) is 37.3 Å². The lowest BCUT2D eigenvalue weighted by molar-refractivity contribution is -0.126. The van der Waals surface area contributed by atoms with Crippen molar-refractivity contribution in [2.45, 2.75) is 44.0 Å². The van der Waals surface area contributed by atoms with Crippen LogP contribution in [0.5, 0.6) is 0 Å². The van der Waals surface area contributed by atoms with Gasteiger partial charge in [-0.25, -0.2) is 0 Å². The van der Waals surface area contributed by atoms with Crippen molar-refractivity contribution in [1.29, 1.82) is 0 Å². The molecule has 0 amide bonds. The molecule has 2 rings (SSSR count). The fourth-order valence-corrected chi connectivity index (χ4v) is 3.12. The molecule has 0 aromatic heterocycles. The summed E-state index contributed by atoms with van der Waals surface area (Å²) in [7, 11) is -4.31. The van der Waals surface area contributed by atoms with Gasteiger partial charge >= 0.3 is 15.6 Å². The molecular formula is C17H21F3O5S. The Hall–Kier alpha value is -2.03. The average molecular weight is 394 g/mol. The highest BCUT2D eigenvalue weighted by molar-refractivity contribution is 7.87. The van der Waals surface area contributed by atoms with Gasteiger partial charge in [0.05, 0.1) is 7.11 Å². The minimum absolute atomic E-state index is 0.102. The van der Waals surface area contributed by atoms with Crippen LogP contribution >= 0.6 is 0 Å². The number of carbonyl (C=O) groups excluding carboxylic acids is 1. The monoisotopic (exact) mass is 394 g/mol. The van der Waals surface area contributed by atoms with Gasteiger partial charge in [0.15, 0.2) is 0 Å². The molecule has 1 unspecified atom stereocenters. The quantitative estimate of drug-likeness (QED) is 0.438. The normalized spacial score (nSPS) is 20.7. The van der Waals surface area contributed by atoms with Crippen molar-refractivity contribution in [2.24, 2.45) is 0 Å². The van der Waals surface area contributed by atoms with Crippen molar-refractivity contribution in [1.82, 2.24) is 0 Å². The molecule has 0 saturated carbocycles. The van der Waals surface area contributed by atoms with Crippen molar-refractivity contribution in [3.05, 3.63) is 47.2 Å². The van der Waals surface area contributed by atoms with E-state index in [0.29, 0.717) is 18.5 Å². The number of halogens is 3. The van der Waals surface area contributed by atoms with E-state index in [0.717, 1.165) is 12.0 Å². The number of benzene rings is 1. The van der Waals surface area contributed by atoms with E-state index in [9.17, 15) is 21.6 Å². The Bertz CT molecular complexity index is 741. The molecule has 9 heteroatoms. The Morgan fingerprint density at radius 3 is 2.19 bits per heavy atom. The second-order valence-electron chi connectivity index (χ2n) is 6.12. The van der Waals surface area contributed by atoms with Crippen molar-refractivity contribution in [2.75, 3.05) is 7.11 Å². The molecule has 1 aliphatic rings. The van der Waals surface area contributed by atoms with Gasteiger partial charge in [-0.3, -0.25) is 4.79 Å². The summed E-state index contributed by atoms with van der Waals surface area (Å²) in [5.74, 6) is -0.102. The van der Waals surface area contributed by atoms with E-state index < -0.39 is 21.0 Å². The molecule has 0 saturated heterocycles. The van der Waals surface area contributed by atoms with Gasteiger partial charge < -0.3 is 8.92 Å². The molecule has 0 fully saturated rings. The summed E-state index contributed by atoms with van der Waals surface area (Å²) in [4.78, 5) is 8.95. The van der Waals surface area contributed by atoms with E-state index in [1.54, 1.807) is 6.92 Å². The third kappa shape index (κ3) is 5.48. The van der Waals surface area contributed by atoms with Crippen LogP contribution in [-0.4, -0.2) is 27.5 Å². The molecule has 1 aromatic carbocycles. The average Bonchev–Trinajstić information content (AvgIpc) is 2.58. The highest BCUT2D eigenvalue weighted by atomic mass is 32.2. The van der Waals surface area contributed by atoms with E-state index in [-0.39, 0.29) is 12.2 Å². The number of methoxy groups -OCH3 is 1. The first-order chi connectivity index (χ1) is 12.0. The van der Waals surface area contributed by atoms with Crippen LogP contribution in [0.1, 0.15) is 38.7 Å². The maximum atomic E-state index is 12.5. The van der Waals surface area contributed by atoms with Gasteiger partial charge in [0.25, 0.3) is 6.47 Å². The smallest absolute Gasteiger partial charge is 0.471 e. The second kappa shape index (κ2) is 8.57. The Kier molecular flexibility index (Phi) is 7.25. The number of hydrogen-bond donors (Lipinski definition) is 0. The van der Waals surface area contributed by atoms with Gasteiger partial charge in [0.2, 0.25) is 0 Å². The zero-order chi connectivity index (χ0) is 20.0. The minimum Gasteiger partial charge on any atom is -0.471 e. The molecule has 5 nitrogen and oxygen atoms in total. The predicted octanol–water partition coefficient (Wildman–Crippen LogP) is 4.06. The van der Waals surface area contributed by atoms with Gasteiger partial charge in [-0.05, 0) is 36.3 Å². The van der Waals surface area contributed by atoms with E-state index in [1.165, 1.54) is 7.11 Å². The van der Waals surface area contributed by atoms with Crippen molar-refractivity contribution in [3.63, 3.8) is 0 Å². The summed E-state index contributed by atoms with van der Waals surface area (Å²) in [6, 6.07) is 9.31. The fourth-order valence-electron chi connectivity index (χ4n) is 2.56. The molecule has 0 bridgehead atoms. The van der Waals surface area contributed by atoms with Crippen LogP contribution in [-0.2, 0) is 29.2 Å². The van der Waals surface area contributed by atoms with Crippen LogP contribution in [0.4, 0.5) is 13.2 Å². The minimum atomic E-state index is -5.62. The highest BCUT2D eigenvalue weighted by Gasteiger charge is 2.49. The van der Waals surface area contributed by atoms with E-state index in [4.69, 9.17) is 4.79 Å². The standard InChI is InChI=1S/C15H17F3O3S.C2H4O2/c1-11-8-9-14(2,12-6-4-3-5-7-12)10-13(11)21-22(19,20)15(16,17)18;1-4-2-3/h3-7H,8-10H2,1-2H3;2H,1H3. The molecule has 26 heavy (non-hydrogen) atoms. The lowest BCUT2D eigenvalue weighted by Gasteiger charge is -2.35. The van der Waals surface area contributed by atoms with Crippen molar-refractivity contribution < 1.29 is 35.3 Å². The van der Waals surface area contributed by atoms with Crippen LogP contribution in [0.25, 0.3) is 0 Å². The first-order valence-corrected chi connectivity index (χ1v) is 9.09. The molecule has 0 spiro atoms. The van der Waals surface area contributed by atoms with Gasteiger partial charge in [0.1, 0.15) is 5.76 Å². The lowest BCUT2D eigenvalue weighted by Crippen LogP contribution is -2.31. The number of rotatable bonds is 4. The van der Waals surface area contributed by atoms with Crippen LogP contribution in [0.3, 0.4) is 0 Å². The summed E-state index contributed by atoms with van der Waals surface area (Å²) >= 11 is 0. The van der Waals surface area contributed by atoms with Gasteiger partial charge in [-0.1, -0.05) is 37.3 Å². The maximum Gasteiger partial charge on any atom is 0.534 e. The zero-order valence-electron chi connectivity index (χ0n) is 14.7. The SMILES string of the molecule is CC1=C(OS(=O)(=O)C(F)(F)F)CC(C)(c2ccccc2)CC1.COC=O. The number of carbonyl (C=O) groups is 1. The number of ether oxygens (including phenoxy) is 1. The molecule has 1 aliphatic carbocycles. The second-order valence-corrected chi connectivity index (χ2v) is 7.66. The Labute approximate surface area is 150 Å². The Balaban J connectivity index is 0.000000765. The number of alkyl halides is 3. The lowest BCUT2D eigenvalue weighted by atomic mass is 9.71. The van der Waals surface area contributed by atoms with Crippen LogP contribution in [0.2, 0.25) is 0 Å². The molecule has 1 atom stereocenters. The van der Waals surface area contributed by atoms with Gasteiger partial charge in [0, 0.05) is 6.42 Å². The summed E-state index contributed by atoms with van der Waals surface area (Å²) < 4.78 is 68.2. The van der Waals surface area contributed by atoms with Crippen LogP contribution < -0.4 is 0 Å². The van der Waals surface area contributed by atoms with Crippen molar-refractivity contribution >= 4 is 16.6 Å². The van der Waals surface area contributed by atoms with E-state index >= 15 is 0 Å². The fraction of sp³-hybridized carbons (Fsp3) is 0.471. The largest absolute Gasteiger partial charge is 0.534 e. The van der Waals surface area contributed by atoms with Crippen LogP contribution in [0, 0.1) is 0 Å². The maximum absolute atomic E-state index is 12.5. The molecule has 0 radical (unpaired) electrons. The highest BCUT2D eigenvalue weighted by Crippen LogP contribution is 2.43. The Morgan fingerprint density at radius 1 is 1.19 bits per heavy atom. The molecule has 1 aromatic rings. The summed E-state index contributed by atoms with van der Waals surface area (Å²) in [5, 5.41) is 0. The van der Waals surface area contributed by atoms with Crippen molar-refractivity contribution in [3.8, 4) is 0 Å². The van der Waals surface area contributed by atoms with Gasteiger partial charge in [-0.2, -0.15) is 21.6 Å². The number of allylic oxidation sites excluding steroid dienone is 2. The third-order valence-electron chi connectivity index (χ3n) is 4.14. The summed E-state index contributed by atoms with van der Waals surface area (Å²) in [6.45, 7) is 3.88. The molecule has 0 aliphatic heterocycles. The van der Waals surface area contributed by atoms with E-state index in [2.05, 4.69) is 8.92 Å².